The van der Waals surface area contributed by atoms with E-state index in [0.717, 1.165) is 44.9 Å². The molecule has 5 aliphatic carbocycles. The van der Waals surface area contributed by atoms with Crippen molar-refractivity contribution in [3.8, 4) is 0 Å². The molecule has 16 nitrogen and oxygen atoms in total. The Kier molecular flexibility index (Phi) is 12.5. The van der Waals surface area contributed by atoms with Gasteiger partial charge in [0.15, 0.2) is 18.9 Å². The van der Waals surface area contributed by atoms with Gasteiger partial charge in [-0.05, 0) is 111 Å². The van der Waals surface area contributed by atoms with E-state index >= 15 is 0 Å². The second-order valence-electron chi connectivity index (χ2n) is 22.4. The number of rotatable bonds is 8. The normalized spacial score (nSPS) is 55.1. The number of ether oxygens (including phenoxy) is 6. The fourth-order valence-corrected chi connectivity index (χ4v) is 14.5. The van der Waals surface area contributed by atoms with E-state index in [-0.39, 0.29) is 59.2 Å². The van der Waals surface area contributed by atoms with Crippen molar-refractivity contribution in [1.82, 2.24) is 0 Å². The van der Waals surface area contributed by atoms with Crippen LogP contribution in [0.4, 0.5) is 0 Å². The Morgan fingerprint density at radius 1 is 0.710 bits per heavy atom. The van der Waals surface area contributed by atoms with Gasteiger partial charge in [-0.3, -0.25) is 4.79 Å². The second kappa shape index (κ2) is 16.5. The summed E-state index contributed by atoms with van der Waals surface area (Å²) >= 11 is 0. The van der Waals surface area contributed by atoms with Crippen LogP contribution in [-0.2, 0) is 33.2 Å². The van der Waals surface area contributed by atoms with Gasteiger partial charge in [-0.25, -0.2) is 0 Å². The van der Waals surface area contributed by atoms with E-state index in [0.29, 0.717) is 19.3 Å². The fourth-order valence-electron chi connectivity index (χ4n) is 14.5. The summed E-state index contributed by atoms with van der Waals surface area (Å²) in [5.74, 6) is -0.342. The molecule has 0 aromatic carbocycles. The zero-order valence-corrected chi connectivity index (χ0v) is 37.5. The number of carbonyl (C=O) groups is 1. The molecule has 3 saturated heterocycles. The van der Waals surface area contributed by atoms with Gasteiger partial charge in [-0.2, -0.15) is 0 Å². The molecule has 0 aromatic rings. The Hall–Kier alpha value is -1.35. The molecule has 0 unspecified atom stereocenters. The van der Waals surface area contributed by atoms with E-state index in [4.69, 9.17) is 28.4 Å². The van der Waals surface area contributed by atoms with Gasteiger partial charge in [0.25, 0.3) is 0 Å². The van der Waals surface area contributed by atoms with Crippen LogP contribution >= 0.6 is 0 Å². The fraction of sp³-hybridized carbons (Fsp3) is 0.935. The molecule has 3 aliphatic heterocycles. The molecule has 0 spiro atoms. The number of aliphatic hydroxyl groups is 8. The third-order valence-corrected chi connectivity index (χ3v) is 18.7. The quantitative estimate of drug-likeness (QED) is 0.125. The Labute approximate surface area is 364 Å². The van der Waals surface area contributed by atoms with Crippen LogP contribution in [0.1, 0.15) is 113 Å². The van der Waals surface area contributed by atoms with Gasteiger partial charge in [0.1, 0.15) is 54.9 Å². The van der Waals surface area contributed by atoms with E-state index < -0.39 is 103 Å². The number of aliphatic hydroxyl groups excluding tert-OH is 8. The molecule has 22 atom stereocenters. The lowest BCUT2D eigenvalue weighted by Crippen LogP contribution is -2.67. The summed E-state index contributed by atoms with van der Waals surface area (Å²) in [5, 5.41) is 97.4. The molecule has 8 rings (SSSR count). The van der Waals surface area contributed by atoms with Crippen molar-refractivity contribution in [1.29, 1.82) is 0 Å². The van der Waals surface area contributed by atoms with Crippen molar-refractivity contribution >= 4 is 5.97 Å². The van der Waals surface area contributed by atoms with Crippen LogP contribution < -0.4 is 0 Å². The van der Waals surface area contributed by atoms with Crippen LogP contribution in [-0.4, -0.2) is 158 Å². The summed E-state index contributed by atoms with van der Waals surface area (Å²) in [5.41, 5.74) is -0.519. The minimum absolute atomic E-state index is 0.00631. The lowest BCUT2D eigenvalue weighted by molar-refractivity contribution is -0.379. The van der Waals surface area contributed by atoms with Gasteiger partial charge >= 0.3 is 5.97 Å². The number of carboxylic acid groups (broad SMARTS) is 1. The van der Waals surface area contributed by atoms with Crippen molar-refractivity contribution in [2.75, 3.05) is 19.8 Å². The standard InChI is InChI=1S/C46H74O16/c1-22-30(50)35(61-37-33(53)31(51)25(48)19-57-37)34(54)38(59-22)62-36-32(52)26(49)20-58-39(36)60-29-11-12-42(4)27(43(29,5)21-47)10-13-45(7)28(42)9-8-23-24-18-41(2,3)14-16-46(24,40(55)56)17-15-44(23,45)6/h8,22,24-39,47-54H,9-21H2,1-7H3,(H,55,56)/t22-,24-,25+,26-,27+,28+,29+,30-,31+,32-,33+,34+,35+,36+,37+,38-,39-,42-,43-,44+,45+,46-/m0/s1. The zero-order chi connectivity index (χ0) is 45.1. The van der Waals surface area contributed by atoms with Crippen LogP contribution in [0.25, 0.3) is 0 Å². The highest BCUT2D eigenvalue weighted by atomic mass is 16.8. The maximum Gasteiger partial charge on any atom is 0.310 e. The molecule has 8 aliphatic rings. The van der Waals surface area contributed by atoms with Gasteiger partial charge < -0.3 is 74.4 Å². The SMILES string of the molecule is C[C@@H]1O[C@@H](O[C@H]2[C@H](O[C@@H]3CC[C@@]4(C)[C@@H](CC[C@]5(C)[C@@H]4CC=C4[C@@H]6CC(C)(C)CC[C@]6(C(=O)O)CC[C@]45C)[C@]3(C)CO)OC[C@H](O)[C@@H]2O)[C@H](O)[C@H](O[C@H]2OC[C@@H](O)[C@@H](O)[C@H]2O)[C@H]1O. The van der Waals surface area contributed by atoms with E-state index in [2.05, 4.69) is 47.6 Å². The molecule has 7 fully saturated rings. The van der Waals surface area contributed by atoms with Gasteiger partial charge in [0.2, 0.25) is 0 Å². The van der Waals surface area contributed by atoms with Crippen molar-refractivity contribution < 1.29 is 79.2 Å². The summed E-state index contributed by atoms with van der Waals surface area (Å²) in [6, 6.07) is 0. The van der Waals surface area contributed by atoms with Crippen LogP contribution in [0.3, 0.4) is 0 Å². The maximum atomic E-state index is 13.1. The van der Waals surface area contributed by atoms with Gasteiger partial charge in [-0.1, -0.05) is 53.2 Å². The number of aliphatic carboxylic acids is 1. The third-order valence-electron chi connectivity index (χ3n) is 18.7. The van der Waals surface area contributed by atoms with Gasteiger partial charge in [0.05, 0.1) is 37.4 Å². The average molecular weight is 883 g/mol. The Morgan fingerprint density at radius 3 is 2.03 bits per heavy atom. The summed E-state index contributed by atoms with van der Waals surface area (Å²) in [6.45, 7) is 14.5. The molecule has 4 saturated carbocycles. The van der Waals surface area contributed by atoms with Crippen LogP contribution in [0.2, 0.25) is 0 Å². The van der Waals surface area contributed by atoms with Crippen molar-refractivity contribution in [3.05, 3.63) is 11.6 Å². The summed E-state index contributed by atoms with van der Waals surface area (Å²) < 4.78 is 36.0. The molecule has 0 radical (unpaired) electrons. The number of fused-ring (bicyclic) bond motifs is 7. The highest BCUT2D eigenvalue weighted by molar-refractivity contribution is 5.76. The largest absolute Gasteiger partial charge is 0.481 e. The number of hydrogen-bond donors (Lipinski definition) is 9. The first-order valence-electron chi connectivity index (χ1n) is 23.1. The molecule has 0 bridgehead atoms. The van der Waals surface area contributed by atoms with Crippen molar-refractivity contribution in [2.24, 2.45) is 50.2 Å². The lowest BCUT2D eigenvalue weighted by Gasteiger charge is -2.71. The molecule has 9 N–H and O–H groups in total. The average Bonchev–Trinajstić information content (AvgIpc) is 3.21. The summed E-state index contributed by atoms with van der Waals surface area (Å²) in [7, 11) is 0. The first-order chi connectivity index (χ1) is 29.0. The monoisotopic (exact) mass is 882 g/mol. The molecule has 16 heteroatoms. The summed E-state index contributed by atoms with van der Waals surface area (Å²) in [6.07, 6.45) is -9.19. The van der Waals surface area contributed by atoms with Crippen LogP contribution in [0.5, 0.6) is 0 Å². The topological polar surface area (TPSA) is 255 Å². The summed E-state index contributed by atoms with van der Waals surface area (Å²) in [4.78, 5) is 13.1. The highest BCUT2D eigenvalue weighted by Crippen LogP contribution is 2.76. The molecular weight excluding hydrogens is 808 g/mol. The van der Waals surface area contributed by atoms with E-state index in [9.17, 15) is 50.8 Å². The number of allylic oxidation sites excluding steroid dienone is 2. The van der Waals surface area contributed by atoms with Crippen LogP contribution in [0.15, 0.2) is 11.6 Å². The first-order valence-corrected chi connectivity index (χ1v) is 23.1. The first kappa shape index (κ1) is 47.2. The predicted molar refractivity (Wildman–Crippen MR) is 219 cm³/mol. The maximum absolute atomic E-state index is 13.1. The Balaban J connectivity index is 1.02. The van der Waals surface area contributed by atoms with Crippen molar-refractivity contribution in [2.45, 2.75) is 199 Å². The van der Waals surface area contributed by atoms with E-state index in [1.165, 1.54) is 12.5 Å². The zero-order valence-electron chi connectivity index (χ0n) is 37.5. The molecular formula is C46H74O16. The predicted octanol–water partition coefficient (Wildman–Crippen LogP) is 1.98. The highest BCUT2D eigenvalue weighted by Gasteiger charge is 2.70. The van der Waals surface area contributed by atoms with E-state index in [1.54, 1.807) is 0 Å². The third kappa shape index (κ3) is 7.19. The number of hydrogen-bond acceptors (Lipinski definition) is 15. The van der Waals surface area contributed by atoms with Gasteiger partial charge in [0, 0.05) is 5.41 Å². The number of carboxylic acids is 1. The van der Waals surface area contributed by atoms with Crippen molar-refractivity contribution in [3.63, 3.8) is 0 Å². The lowest BCUT2D eigenvalue weighted by atomic mass is 9.33. The molecule has 0 amide bonds. The second-order valence-corrected chi connectivity index (χ2v) is 22.4. The van der Waals surface area contributed by atoms with Gasteiger partial charge in [-0.15, -0.1) is 0 Å². The minimum Gasteiger partial charge on any atom is -0.481 e. The smallest absolute Gasteiger partial charge is 0.310 e. The molecule has 0 aromatic heterocycles. The Morgan fingerprint density at radius 2 is 1.35 bits per heavy atom. The molecule has 3 heterocycles. The van der Waals surface area contributed by atoms with Crippen LogP contribution in [0, 0.1) is 50.2 Å². The van der Waals surface area contributed by atoms with E-state index in [1.807, 2.05) is 0 Å². The Bertz CT molecular complexity index is 1690. The minimum atomic E-state index is -1.73. The molecule has 62 heavy (non-hydrogen) atoms. The molecule has 354 valence electrons.